The number of anilines is 1. The molecule has 0 aliphatic rings. The van der Waals surface area contributed by atoms with E-state index in [1.807, 2.05) is 26.0 Å². The van der Waals surface area contributed by atoms with Crippen molar-refractivity contribution in [3.05, 3.63) is 46.1 Å². The summed E-state index contributed by atoms with van der Waals surface area (Å²) in [5.41, 5.74) is 6.72. The highest BCUT2D eigenvalue weighted by Gasteiger charge is 2.16. The highest BCUT2D eigenvalue weighted by Crippen LogP contribution is 2.24. The van der Waals surface area contributed by atoms with Crippen LogP contribution in [0.15, 0.2) is 23.3 Å². The number of aryl methyl sites for hydroxylation is 3. The molecular formula is C14H15N3O2S. The maximum absolute atomic E-state index is 11.1. The standard InChI is InChI=1S/C14H15N3O2S/c1-8-4-5-11(9(2)6-8)7-15-16-13-12(14(18)19)10(3)17-20-13/h4-7,16H,1-3H3,(H,18,19). The minimum Gasteiger partial charge on any atom is -0.478 e. The normalized spacial score (nSPS) is 10.9. The predicted octanol–water partition coefficient (Wildman–Crippen LogP) is 3.21. The van der Waals surface area contributed by atoms with Gasteiger partial charge in [0.25, 0.3) is 0 Å². The zero-order valence-corrected chi connectivity index (χ0v) is 12.3. The Hall–Kier alpha value is -2.21. The Morgan fingerprint density at radius 1 is 1.40 bits per heavy atom. The fourth-order valence-corrected chi connectivity index (χ4v) is 2.57. The van der Waals surface area contributed by atoms with Gasteiger partial charge in [-0.3, -0.25) is 5.43 Å². The number of nitrogens with one attached hydrogen (secondary N) is 1. The van der Waals surface area contributed by atoms with E-state index in [1.165, 1.54) is 5.56 Å². The average molecular weight is 289 g/mol. The largest absolute Gasteiger partial charge is 0.478 e. The second-order valence-electron chi connectivity index (χ2n) is 4.51. The van der Waals surface area contributed by atoms with E-state index in [1.54, 1.807) is 13.1 Å². The van der Waals surface area contributed by atoms with Crippen LogP contribution in [-0.4, -0.2) is 21.7 Å². The van der Waals surface area contributed by atoms with E-state index in [0.717, 1.165) is 22.7 Å². The van der Waals surface area contributed by atoms with Gasteiger partial charge in [-0.1, -0.05) is 23.8 Å². The van der Waals surface area contributed by atoms with Gasteiger partial charge in [-0.15, -0.1) is 0 Å². The molecule has 0 bridgehead atoms. The first-order chi connectivity index (χ1) is 9.49. The van der Waals surface area contributed by atoms with Gasteiger partial charge in [-0.25, -0.2) is 4.79 Å². The average Bonchev–Trinajstić information content (AvgIpc) is 2.73. The Balaban J connectivity index is 2.16. The Labute approximate surface area is 121 Å². The first-order valence-electron chi connectivity index (χ1n) is 6.05. The molecule has 1 aromatic heterocycles. The summed E-state index contributed by atoms with van der Waals surface area (Å²) in [6, 6.07) is 6.06. The lowest BCUT2D eigenvalue weighted by Gasteiger charge is -2.02. The number of carboxylic acids is 1. The van der Waals surface area contributed by atoms with Crippen molar-refractivity contribution in [3.63, 3.8) is 0 Å². The first kappa shape index (κ1) is 14.2. The van der Waals surface area contributed by atoms with Crippen molar-refractivity contribution >= 4 is 28.7 Å². The molecule has 0 aliphatic heterocycles. The van der Waals surface area contributed by atoms with Crippen molar-refractivity contribution in [3.8, 4) is 0 Å². The molecule has 0 amide bonds. The third kappa shape index (κ3) is 3.03. The molecule has 2 aromatic rings. The number of hydrogen-bond acceptors (Lipinski definition) is 5. The molecule has 1 heterocycles. The van der Waals surface area contributed by atoms with E-state index in [2.05, 4.69) is 21.0 Å². The summed E-state index contributed by atoms with van der Waals surface area (Å²) in [4.78, 5) is 11.1. The quantitative estimate of drug-likeness (QED) is 0.669. The summed E-state index contributed by atoms with van der Waals surface area (Å²) in [7, 11) is 0. The summed E-state index contributed by atoms with van der Waals surface area (Å²) in [6.45, 7) is 5.71. The van der Waals surface area contributed by atoms with Gasteiger partial charge in [0.2, 0.25) is 0 Å². The molecule has 104 valence electrons. The van der Waals surface area contributed by atoms with E-state index >= 15 is 0 Å². The number of rotatable bonds is 4. The summed E-state index contributed by atoms with van der Waals surface area (Å²) in [5.74, 6) is -1.000. The Bertz CT molecular complexity index is 677. The van der Waals surface area contributed by atoms with Crippen molar-refractivity contribution in [1.82, 2.24) is 4.37 Å². The third-order valence-corrected chi connectivity index (χ3v) is 3.71. The van der Waals surface area contributed by atoms with Crippen molar-refractivity contribution in [2.24, 2.45) is 5.10 Å². The highest BCUT2D eigenvalue weighted by atomic mass is 32.1. The molecule has 0 fully saturated rings. The lowest BCUT2D eigenvalue weighted by molar-refractivity contribution is 0.0697. The number of nitrogens with zero attached hydrogens (tertiary/aromatic N) is 2. The number of hydrazone groups is 1. The van der Waals surface area contributed by atoms with E-state index < -0.39 is 5.97 Å². The van der Waals surface area contributed by atoms with E-state index in [0.29, 0.717) is 10.7 Å². The summed E-state index contributed by atoms with van der Waals surface area (Å²) >= 11 is 1.09. The molecule has 6 heteroatoms. The molecule has 1 aromatic carbocycles. The summed E-state index contributed by atoms with van der Waals surface area (Å²) in [6.07, 6.45) is 1.68. The molecule has 5 nitrogen and oxygen atoms in total. The molecule has 0 atom stereocenters. The van der Waals surface area contributed by atoms with Crippen LogP contribution in [0.5, 0.6) is 0 Å². The van der Waals surface area contributed by atoms with Gasteiger partial charge in [-0.2, -0.15) is 9.47 Å². The molecule has 0 aliphatic carbocycles. The second kappa shape index (κ2) is 5.83. The maximum atomic E-state index is 11.1. The molecule has 0 unspecified atom stereocenters. The molecule has 0 saturated heterocycles. The predicted molar refractivity (Wildman–Crippen MR) is 80.9 cm³/mol. The summed E-state index contributed by atoms with van der Waals surface area (Å²) in [5, 5.41) is 13.6. The fraction of sp³-hybridized carbons (Fsp3) is 0.214. The number of carbonyl (C=O) groups is 1. The number of benzene rings is 1. The Kier molecular flexibility index (Phi) is 4.14. The fourth-order valence-electron chi connectivity index (χ4n) is 1.83. The van der Waals surface area contributed by atoms with Crippen LogP contribution in [0.1, 0.15) is 32.7 Å². The minimum atomic E-state index is -1.000. The van der Waals surface area contributed by atoms with Gasteiger partial charge >= 0.3 is 5.97 Å². The molecule has 0 spiro atoms. The molecule has 0 radical (unpaired) electrons. The second-order valence-corrected chi connectivity index (χ2v) is 5.28. The summed E-state index contributed by atoms with van der Waals surface area (Å²) < 4.78 is 4.02. The molecule has 20 heavy (non-hydrogen) atoms. The van der Waals surface area contributed by atoms with Crippen LogP contribution in [0.4, 0.5) is 5.00 Å². The molecular weight excluding hydrogens is 274 g/mol. The monoisotopic (exact) mass is 289 g/mol. The van der Waals surface area contributed by atoms with Crippen LogP contribution in [0.25, 0.3) is 0 Å². The Morgan fingerprint density at radius 2 is 2.15 bits per heavy atom. The third-order valence-electron chi connectivity index (χ3n) is 2.87. The Morgan fingerprint density at radius 3 is 2.80 bits per heavy atom. The van der Waals surface area contributed by atoms with Crippen LogP contribution < -0.4 is 5.43 Å². The molecule has 0 saturated carbocycles. The number of hydrogen-bond donors (Lipinski definition) is 2. The smallest absolute Gasteiger partial charge is 0.340 e. The molecule has 2 rings (SSSR count). The lowest BCUT2D eigenvalue weighted by atomic mass is 10.1. The molecule has 2 N–H and O–H groups in total. The van der Waals surface area contributed by atoms with Crippen molar-refractivity contribution in [1.29, 1.82) is 0 Å². The van der Waals surface area contributed by atoms with Crippen LogP contribution in [-0.2, 0) is 0 Å². The number of aromatic nitrogens is 1. The van der Waals surface area contributed by atoms with Crippen molar-refractivity contribution in [2.45, 2.75) is 20.8 Å². The number of carboxylic acid groups (broad SMARTS) is 1. The van der Waals surface area contributed by atoms with Crippen LogP contribution in [0.3, 0.4) is 0 Å². The van der Waals surface area contributed by atoms with Gasteiger partial charge in [0.05, 0.1) is 11.9 Å². The minimum absolute atomic E-state index is 0.174. The SMILES string of the molecule is Cc1ccc(C=NNc2snc(C)c2C(=O)O)c(C)c1. The maximum Gasteiger partial charge on any atom is 0.340 e. The van der Waals surface area contributed by atoms with E-state index in [-0.39, 0.29) is 5.56 Å². The van der Waals surface area contributed by atoms with Gasteiger partial charge in [0.15, 0.2) is 0 Å². The van der Waals surface area contributed by atoms with E-state index in [4.69, 9.17) is 5.11 Å². The van der Waals surface area contributed by atoms with Crippen LogP contribution in [0.2, 0.25) is 0 Å². The lowest BCUT2D eigenvalue weighted by Crippen LogP contribution is -2.01. The van der Waals surface area contributed by atoms with Crippen molar-refractivity contribution < 1.29 is 9.90 Å². The topological polar surface area (TPSA) is 74.6 Å². The van der Waals surface area contributed by atoms with Gasteiger partial charge < -0.3 is 5.11 Å². The van der Waals surface area contributed by atoms with Crippen molar-refractivity contribution in [2.75, 3.05) is 5.43 Å². The van der Waals surface area contributed by atoms with Crippen LogP contribution >= 0.6 is 11.5 Å². The first-order valence-corrected chi connectivity index (χ1v) is 6.82. The van der Waals surface area contributed by atoms with Gasteiger partial charge in [0.1, 0.15) is 10.6 Å². The number of aromatic carboxylic acids is 1. The zero-order chi connectivity index (χ0) is 14.7. The zero-order valence-electron chi connectivity index (χ0n) is 11.5. The highest BCUT2D eigenvalue weighted by molar-refractivity contribution is 7.10. The van der Waals surface area contributed by atoms with E-state index in [9.17, 15) is 4.79 Å². The van der Waals surface area contributed by atoms with Crippen LogP contribution in [0, 0.1) is 20.8 Å². The van der Waals surface area contributed by atoms with Gasteiger partial charge in [0, 0.05) is 0 Å². The van der Waals surface area contributed by atoms with Gasteiger partial charge in [-0.05, 0) is 43.4 Å².